The van der Waals surface area contributed by atoms with E-state index < -0.39 is 5.60 Å². The van der Waals surface area contributed by atoms with Crippen molar-refractivity contribution in [3.8, 4) is 5.75 Å². The molecule has 150 valence electrons. The molecule has 4 aliphatic rings. The van der Waals surface area contributed by atoms with Crippen LogP contribution in [0.2, 0.25) is 0 Å². The molecule has 28 heavy (non-hydrogen) atoms. The first kappa shape index (κ1) is 18.0. The highest BCUT2D eigenvalue weighted by Gasteiger charge is 2.54. The van der Waals surface area contributed by atoms with Crippen molar-refractivity contribution in [2.75, 3.05) is 7.11 Å². The number of piperidine rings is 2. The molecule has 0 radical (unpaired) electrons. The summed E-state index contributed by atoms with van der Waals surface area (Å²) in [5.74, 6) is 1.87. The van der Waals surface area contributed by atoms with E-state index in [2.05, 4.69) is 23.7 Å². The number of aryl methyl sites for hydroxylation is 1. The monoisotopic (exact) mass is 382 g/mol. The molecule has 6 rings (SSSR count). The van der Waals surface area contributed by atoms with Crippen LogP contribution in [0.15, 0.2) is 18.3 Å². The van der Waals surface area contributed by atoms with Crippen molar-refractivity contribution in [1.82, 2.24) is 9.88 Å². The Kier molecular flexibility index (Phi) is 4.02. The van der Waals surface area contributed by atoms with Crippen LogP contribution in [-0.2, 0) is 4.79 Å². The number of hydrogen-bond donors (Lipinski definition) is 2. The molecule has 1 aromatic carbocycles. The number of H-pyrrole nitrogens is 1. The summed E-state index contributed by atoms with van der Waals surface area (Å²) in [4.78, 5) is 18.8. The summed E-state index contributed by atoms with van der Waals surface area (Å²) in [6.07, 6.45) is 7.18. The number of aromatic amines is 1. The second-order valence-corrected chi connectivity index (χ2v) is 9.45. The second kappa shape index (κ2) is 6.24. The normalized spacial score (nSPS) is 32.1. The lowest BCUT2D eigenvalue weighted by atomic mass is 9.61. The average Bonchev–Trinajstić information content (AvgIpc) is 3.05. The summed E-state index contributed by atoms with van der Waals surface area (Å²) >= 11 is 0. The molecular formula is C23H30N2O3. The van der Waals surface area contributed by atoms with Gasteiger partial charge >= 0.3 is 0 Å². The van der Waals surface area contributed by atoms with Gasteiger partial charge in [-0.2, -0.15) is 0 Å². The number of hydrogen-bond acceptors (Lipinski definition) is 3. The molecule has 2 aliphatic carbocycles. The number of ether oxygens (including phenoxy) is 1. The number of fused-ring (bicyclic) bond motifs is 1. The number of benzene rings is 1. The number of nitrogens with zero attached hydrogens (tertiary/aromatic N) is 1. The molecule has 2 aromatic rings. The number of aromatic nitrogens is 1. The fourth-order valence-electron chi connectivity index (χ4n) is 6.49. The molecule has 5 heteroatoms. The standard InChI is InChI=1S/C23H30N2O3/c1-13(18-12-24-19-4-5-20(28-3)14(2)22(18)19)6-21(26)25-16-7-15-8-17(25)11-23(27,9-15)10-16/h4-5,12-13,15-17,24,27H,6-11H2,1-3H3. The Labute approximate surface area is 166 Å². The number of nitrogens with one attached hydrogen (secondary N) is 1. The van der Waals surface area contributed by atoms with Gasteiger partial charge in [-0.25, -0.2) is 0 Å². The molecule has 0 spiro atoms. The van der Waals surface area contributed by atoms with Crippen molar-refractivity contribution in [1.29, 1.82) is 0 Å². The maximum atomic E-state index is 13.3. The molecule has 2 aliphatic heterocycles. The van der Waals surface area contributed by atoms with Gasteiger partial charge in [-0.05, 0) is 68.6 Å². The zero-order valence-corrected chi connectivity index (χ0v) is 17.0. The maximum Gasteiger partial charge on any atom is 0.223 e. The Balaban J connectivity index is 1.38. The van der Waals surface area contributed by atoms with Gasteiger partial charge in [-0.1, -0.05) is 6.92 Å². The van der Waals surface area contributed by atoms with E-state index in [0.717, 1.165) is 48.9 Å². The first-order chi connectivity index (χ1) is 13.4. The molecule has 2 saturated carbocycles. The van der Waals surface area contributed by atoms with Crippen LogP contribution < -0.4 is 4.74 Å². The second-order valence-electron chi connectivity index (χ2n) is 9.45. The van der Waals surface area contributed by atoms with Crippen LogP contribution in [0.1, 0.15) is 62.5 Å². The van der Waals surface area contributed by atoms with Gasteiger partial charge in [-0.15, -0.1) is 0 Å². The summed E-state index contributed by atoms with van der Waals surface area (Å²) < 4.78 is 5.49. The van der Waals surface area contributed by atoms with E-state index >= 15 is 0 Å². The van der Waals surface area contributed by atoms with Crippen molar-refractivity contribution >= 4 is 16.8 Å². The molecule has 4 bridgehead atoms. The van der Waals surface area contributed by atoms with E-state index in [9.17, 15) is 9.90 Å². The molecule has 4 fully saturated rings. The van der Waals surface area contributed by atoms with E-state index in [0.29, 0.717) is 12.3 Å². The summed E-state index contributed by atoms with van der Waals surface area (Å²) in [5, 5.41) is 12.0. The SMILES string of the molecule is COc1ccc2[nH]cc(C(C)CC(=O)N3C4CC5CC3CC(O)(C5)C4)c2c1C. The Hall–Kier alpha value is -2.01. The van der Waals surface area contributed by atoms with E-state index in [1.807, 2.05) is 18.3 Å². The molecule has 3 unspecified atom stereocenters. The lowest BCUT2D eigenvalue weighted by Crippen LogP contribution is -2.65. The highest BCUT2D eigenvalue weighted by molar-refractivity contribution is 5.89. The number of methoxy groups -OCH3 is 1. The van der Waals surface area contributed by atoms with Gasteiger partial charge in [-0.3, -0.25) is 4.79 Å². The van der Waals surface area contributed by atoms with Crippen LogP contribution in [-0.4, -0.2) is 45.7 Å². The van der Waals surface area contributed by atoms with Gasteiger partial charge in [0, 0.05) is 41.2 Å². The average molecular weight is 383 g/mol. The summed E-state index contributed by atoms with van der Waals surface area (Å²) in [6, 6.07) is 4.50. The lowest BCUT2D eigenvalue weighted by molar-refractivity contribution is -0.174. The molecule has 1 amide bonds. The Bertz CT molecular complexity index is 917. The number of amides is 1. The van der Waals surface area contributed by atoms with Crippen LogP contribution in [0.25, 0.3) is 10.9 Å². The maximum absolute atomic E-state index is 13.3. The van der Waals surface area contributed by atoms with Crippen LogP contribution >= 0.6 is 0 Å². The molecule has 2 N–H and O–H groups in total. The fourth-order valence-corrected chi connectivity index (χ4v) is 6.49. The van der Waals surface area contributed by atoms with Gasteiger partial charge < -0.3 is 19.7 Å². The van der Waals surface area contributed by atoms with Gasteiger partial charge in [0.15, 0.2) is 0 Å². The number of carbonyl (C=O) groups excluding carboxylic acids is 1. The van der Waals surface area contributed by atoms with E-state index in [1.54, 1.807) is 7.11 Å². The van der Waals surface area contributed by atoms with Crippen molar-refractivity contribution in [2.24, 2.45) is 5.92 Å². The Morgan fingerprint density at radius 3 is 2.68 bits per heavy atom. The predicted molar refractivity (Wildman–Crippen MR) is 109 cm³/mol. The molecular weight excluding hydrogens is 352 g/mol. The first-order valence-electron chi connectivity index (χ1n) is 10.6. The topological polar surface area (TPSA) is 65.6 Å². The lowest BCUT2D eigenvalue weighted by Gasteiger charge is -2.59. The fraction of sp³-hybridized carbons (Fsp3) is 0.609. The smallest absolute Gasteiger partial charge is 0.223 e. The van der Waals surface area contributed by atoms with Crippen molar-refractivity contribution in [3.63, 3.8) is 0 Å². The van der Waals surface area contributed by atoms with Crippen molar-refractivity contribution in [2.45, 2.75) is 76.0 Å². The quantitative estimate of drug-likeness (QED) is 0.843. The molecule has 2 saturated heterocycles. The van der Waals surface area contributed by atoms with Crippen LogP contribution in [0.4, 0.5) is 0 Å². The third kappa shape index (κ3) is 2.66. The summed E-state index contributed by atoms with van der Waals surface area (Å²) in [6.45, 7) is 4.22. The largest absolute Gasteiger partial charge is 0.496 e. The summed E-state index contributed by atoms with van der Waals surface area (Å²) in [7, 11) is 1.70. The first-order valence-corrected chi connectivity index (χ1v) is 10.6. The predicted octanol–water partition coefficient (Wildman–Crippen LogP) is 3.88. The van der Waals surface area contributed by atoms with Gasteiger partial charge in [0.25, 0.3) is 0 Å². The van der Waals surface area contributed by atoms with Crippen LogP contribution in [0.5, 0.6) is 5.75 Å². The zero-order valence-electron chi connectivity index (χ0n) is 17.0. The van der Waals surface area contributed by atoms with E-state index in [1.165, 1.54) is 10.9 Å². The van der Waals surface area contributed by atoms with E-state index in [4.69, 9.17) is 4.74 Å². The Morgan fingerprint density at radius 1 is 1.32 bits per heavy atom. The minimum Gasteiger partial charge on any atom is -0.496 e. The van der Waals surface area contributed by atoms with Gasteiger partial charge in [0.2, 0.25) is 5.91 Å². The van der Waals surface area contributed by atoms with Crippen molar-refractivity contribution in [3.05, 3.63) is 29.5 Å². The third-order valence-electron chi connectivity index (χ3n) is 7.50. The molecule has 1 aromatic heterocycles. The van der Waals surface area contributed by atoms with Crippen LogP contribution in [0, 0.1) is 12.8 Å². The number of carbonyl (C=O) groups is 1. The molecule has 3 heterocycles. The molecule has 5 nitrogen and oxygen atoms in total. The third-order valence-corrected chi connectivity index (χ3v) is 7.50. The highest BCUT2D eigenvalue weighted by Crippen LogP contribution is 2.51. The van der Waals surface area contributed by atoms with Gasteiger partial charge in [0.1, 0.15) is 5.75 Å². The number of aliphatic hydroxyl groups is 1. The minimum absolute atomic E-state index is 0.132. The highest BCUT2D eigenvalue weighted by atomic mass is 16.5. The zero-order chi connectivity index (χ0) is 19.6. The van der Waals surface area contributed by atoms with E-state index in [-0.39, 0.29) is 23.9 Å². The minimum atomic E-state index is -0.511. The van der Waals surface area contributed by atoms with Crippen molar-refractivity contribution < 1.29 is 14.6 Å². The molecule has 3 atom stereocenters. The Morgan fingerprint density at radius 2 is 2.04 bits per heavy atom. The van der Waals surface area contributed by atoms with Gasteiger partial charge in [0.05, 0.1) is 12.7 Å². The number of rotatable bonds is 4. The van der Waals surface area contributed by atoms with Crippen LogP contribution in [0.3, 0.4) is 0 Å². The summed E-state index contributed by atoms with van der Waals surface area (Å²) in [5.41, 5.74) is 2.88.